The molecule has 1 aliphatic rings. The van der Waals surface area contributed by atoms with E-state index in [0.717, 1.165) is 22.3 Å². The normalized spacial score (nSPS) is 14.0. The maximum Gasteiger partial charge on any atom is 0.407 e. The highest BCUT2D eigenvalue weighted by Gasteiger charge is 2.36. The predicted octanol–water partition coefficient (Wildman–Crippen LogP) is 5.04. The number of benzene rings is 2. The molecule has 35 heavy (non-hydrogen) atoms. The second-order valence-electron chi connectivity index (χ2n) is 11.0. The zero-order valence-electron chi connectivity index (χ0n) is 21.4. The minimum absolute atomic E-state index is 0.0192. The Balaban J connectivity index is 1.69. The van der Waals surface area contributed by atoms with Gasteiger partial charge in [0.1, 0.15) is 12.1 Å². The van der Waals surface area contributed by atoms with E-state index in [1.165, 1.54) is 25.8 Å². The first-order chi connectivity index (χ1) is 16.3. The number of carbonyl (C=O) groups excluding carboxylic acids is 2. The van der Waals surface area contributed by atoms with Crippen molar-refractivity contribution in [1.82, 2.24) is 10.2 Å². The van der Waals surface area contributed by atoms with Crippen LogP contribution >= 0.6 is 0 Å². The SMILES string of the molecule is CN(C(=O)CC(CC(C)(C)C)NC(=O)OCC1c2ccccc2-c2ccccc21)C(C)(C)C(=O)O. The van der Waals surface area contributed by atoms with Crippen molar-refractivity contribution in [2.45, 2.75) is 65.0 Å². The van der Waals surface area contributed by atoms with Crippen LogP contribution in [0.25, 0.3) is 11.1 Å². The second-order valence-corrected chi connectivity index (χ2v) is 11.0. The highest BCUT2D eigenvalue weighted by molar-refractivity contribution is 5.86. The molecule has 2 N–H and O–H groups in total. The van der Waals surface area contributed by atoms with Crippen molar-refractivity contribution in [3.05, 3.63) is 59.7 Å². The Morgan fingerprint density at radius 2 is 1.49 bits per heavy atom. The summed E-state index contributed by atoms with van der Waals surface area (Å²) in [7, 11) is 1.47. The molecule has 0 aliphatic heterocycles. The average Bonchev–Trinajstić information content (AvgIpc) is 3.09. The minimum Gasteiger partial charge on any atom is -0.480 e. The Labute approximate surface area is 207 Å². The number of nitrogens with zero attached hydrogens (tertiary/aromatic N) is 1. The van der Waals surface area contributed by atoms with Crippen molar-refractivity contribution < 1.29 is 24.2 Å². The van der Waals surface area contributed by atoms with Crippen LogP contribution in [0.5, 0.6) is 0 Å². The van der Waals surface area contributed by atoms with Gasteiger partial charge in [-0.15, -0.1) is 0 Å². The molecule has 2 aromatic rings. The standard InChI is InChI=1S/C28H36N2O5/c1-27(2,3)16-18(15-24(31)30(6)28(4,5)25(32)33)29-26(34)35-17-23-21-13-9-7-11-19(21)20-12-8-10-14-22(20)23/h7-14,18,23H,15-17H2,1-6H3,(H,29,34)(H,32,33). The van der Waals surface area contributed by atoms with Crippen LogP contribution in [0, 0.1) is 5.41 Å². The number of nitrogens with one attached hydrogen (secondary N) is 1. The number of amides is 2. The van der Waals surface area contributed by atoms with Gasteiger partial charge in [-0.25, -0.2) is 9.59 Å². The van der Waals surface area contributed by atoms with Gasteiger partial charge in [0, 0.05) is 25.4 Å². The molecule has 2 amide bonds. The maximum absolute atomic E-state index is 12.9. The zero-order valence-corrected chi connectivity index (χ0v) is 21.4. The molecule has 1 unspecified atom stereocenters. The molecule has 3 rings (SSSR count). The van der Waals surface area contributed by atoms with Crippen LogP contribution in [-0.4, -0.2) is 53.2 Å². The zero-order chi connectivity index (χ0) is 26.0. The number of hydrogen-bond donors (Lipinski definition) is 2. The molecule has 0 saturated heterocycles. The molecular formula is C28H36N2O5. The number of fused-ring (bicyclic) bond motifs is 3. The van der Waals surface area contributed by atoms with E-state index in [1.807, 2.05) is 45.0 Å². The Kier molecular flexibility index (Phi) is 7.58. The van der Waals surface area contributed by atoms with Gasteiger partial charge in [0.2, 0.25) is 5.91 Å². The molecule has 0 spiro atoms. The first-order valence-electron chi connectivity index (χ1n) is 11.9. The highest BCUT2D eigenvalue weighted by atomic mass is 16.5. The lowest BCUT2D eigenvalue weighted by atomic mass is 9.86. The minimum atomic E-state index is -1.35. The molecular weight excluding hydrogens is 444 g/mol. The average molecular weight is 481 g/mol. The summed E-state index contributed by atoms with van der Waals surface area (Å²) in [5.74, 6) is -1.51. The third-order valence-electron chi connectivity index (χ3n) is 6.68. The van der Waals surface area contributed by atoms with Crippen molar-refractivity contribution in [2.75, 3.05) is 13.7 Å². The number of aliphatic carboxylic acids is 1. The van der Waals surface area contributed by atoms with E-state index in [4.69, 9.17) is 4.74 Å². The van der Waals surface area contributed by atoms with Crippen molar-refractivity contribution >= 4 is 18.0 Å². The number of carbonyl (C=O) groups is 3. The summed E-state index contributed by atoms with van der Waals surface area (Å²) in [5, 5.41) is 12.3. The number of alkyl carbamates (subject to hydrolysis) is 1. The summed E-state index contributed by atoms with van der Waals surface area (Å²) in [6.45, 7) is 9.20. The van der Waals surface area contributed by atoms with E-state index in [1.54, 1.807) is 0 Å². The lowest BCUT2D eigenvalue weighted by Gasteiger charge is -2.34. The number of likely N-dealkylation sites (N-methyl/N-ethyl adjacent to an activating group) is 1. The largest absolute Gasteiger partial charge is 0.480 e. The van der Waals surface area contributed by atoms with Gasteiger partial charge in [-0.1, -0.05) is 69.3 Å². The quantitative estimate of drug-likeness (QED) is 0.552. The molecule has 0 radical (unpaired) electrons. The molecule has 7 heteroatoms. The van der Waals surface area contributed by atoms with E-state index in [0.29, 0.717) is 6.42 Å². The Morgan fingerprint density at radius 1 is 0.971 bits per heavy atom. The molecule has 188 valence electrons. The van der Waals surface area contributed by atoms with Crippen LogP contribution in [0.3, 0.4) is 0 Å². The maximum atomic E-state index is 12.9. The molecule has 0 heterocycles. The fourth-order valence-corrected chi connectivity index (χ4v) is 4.52. The van der Waals surface area contributed by atoms with Crippen LogP contribution in [0.15, 0.2) is 48.5 Å². The van der Waals surface area contributed by atoms with E-state index >= 15 is 0 Å². The Morgan fingerprint density at radius 3 is 1.97 bits per heavy atom. The topological polar surface area (TPSA) is 95.9 Å². The summed E-state index contributed by atoms with van der Waals surface area (Å²) in [5.41, 5.74) is 3.03. The number of carboxylic acids is 1. The number of hydrogen-bond acceptors (Lipinski definition) is 4. The lowest BCUT2D eigenvalue weighted by Crippen LogP contribution is -2.52. The molecule has 0 saturated carbocycles. The Hall–Kier alpha value is -3.35. The summed E-state index contributed by atoms with van der Waals surface area (Å²) < 4.78 is 5.66. The van der Waals surface area contributed by atoms with Gasteiger partial charge in [-0.3, -0.25) is 4.79 Å². The van der Waals surface area contributed by atoms with Crippen molar-refractivity contribution in [2.24, 2.45) is 5.41 Å². The molecule has 2 aromatic carbocycles. The predicted molar refractivity (Wildman–Crippen MR) is 135 cm³/mol. The van der Waals surface area contributed by atoms with Crippen molar-refractivity contribution in [1.29, 1.82) is 0 Å². The van der Waals surface area contributed by atoms with Crippen LogP contribution in [0.1, 0.15) is 64.5 Å². The van der Waals surface area contributed by atoms with Crippen molar-refractivity contribution in [3.63, 3.8) is 0 Å². The summed E-state index contributed by atoms with van der Waals surface area (Å²) in [6.07, 6.45) is -0.0760. The van der Waals surface area contributed by atoms with E-state index < -0.39 is 23.6 Å². The fourth-order valence-electron chi connectivity index (χ4n) is 4.52. The van der Waals surface area contributed by atoms with Crippen LogP contribution < -0.4 is 5.32 Å². The van der Waals surface area contributed by atoms with Gasteiger partial charge >= 0.3 is 12.1 Å². The first kappa shape index (κ1) is 26.3. The van der Waals surface area contributed by atoms with Crippen LogP contribution in [0.4, 0.5) is 4.79 Å². The summed E-state index contributed by atoms with van der Waals surface area (Å²) in [6, 6.07) is 15.7. The molecule has 0 aromatic heterocycles. The van der Waals surface area contributed by atoms with Crippen molar-refractivity contribution in [3.8, 4) is 11.1 Å². The number of rotatable bonds is 8. The number of ether oxygens (including phenoxy) is 1. The Bertz CT molecular complexity index is 1060. The molecule has 7 nitrogen and oxygen atoms in total. The smallest absolute Gasteiger partial charge is 0.407 e. The monoisotopic (exact) mass is 480 g/mol. The second kappa shape index (κ2) is 10.1. The van der Waals surface area contributed by atoms with Crippen LogP contribution in [-0.2, 0) is 14.3 Å². The first-order valence-corrected chi connectivity index (χ1v) is 11.9. The van der Waals surface area contributed by atoms with E-state index in [2.05, 4.69) is 29.6 Å². The number of carboxylic acid groups (broad SMARTS) is 1. The molecule has 0 bridgehead atoms. The molecule has 0 fully saturated rings. The van der Waals surface area contributed by atoms with Gasteiger partial charge in [0.15, 0.2) is 0 Å². The lowest BCUT2D eigenvalue weighted by molar-refractivity contribution is -0.155. The third-order valence-corrected chi connectivity index (χ3v) is 6.68. The molecule has 1 atom stereocenters. The summed E-state index contributed by atoms with van der Waals surface area (Å²) in [4.78, 5) is 38.5. The van der Waals surface area contributed by atoms with Gasteiger partial charge in [0.05, 0.1) is 0 Å². The van der Waals surface area contributed by atoms with Gasteiger partial charge in [-0.05, 0) is 47.9 Å². The van der Waals surface area contributed by atoms with Gasteiger partial charge < -0.3 is 20.1 Å². The van der Waals surface area contributed by atoms with E-state index in [-0.39, 0.29) is 30.3 Å². The van der Waals surface area contributed by atoms with Gasteiger partial charge in [0.25, 0.3) is 0 Å². The highest BCUT2D eigenvalue weighted by Crippen LogP contribution is 2.44. The molecule has 1 aliphatic carbocycles. The fraction of sp³-hybridized carbons (Fsp3) is 0.464. The van der Waals surface area contributed by atoms with E-state index in [9.17, 15) is 19.5 Å². The third kappa shape index (κ3) is 6.02. The van der Waals surface area contributed by atoms with Gasteiger partial charge in [-0.2, -0.15) is 0 Å². The van der Waals surface area contributed by atoms with Crippen LogP contribution in [0.2, 0.25) is 0 Å². The summed E-state index contributed by atoms with van der Waals surface area (Å²) >= 11 is 0.